The van der Waals surface area contributed by atoms with E-state index in [1.807, 2.05) is 20.2 Å². The number of hydrogen-bond acceptors (Lipinski definition) is 3. The maximum Gasteiger partial charge on any atom is 0.165 e. The van der Waals surface area contributed by atoms with Gasteiger partial charge in [-0.2, -0.15) is 0 Å². The van der Waals surface area contributed by atoms with Crippen LogP contribution in [-0.4, -0.2) is 39.2 Å². The summed E-state index contributed by atoms with van der Waals surface area (Å²) in [5.41, 5.74) is 0.954. The van der Waals surface area contributed by atoms with E-state index >= 15 is 0 Å². The van der Waals surface area contributed by atoms with Crippen molar-refractivity contribution in [3.63, 3.8) is 0 Å². The van der Waals surface area contributed by atoms with Gasteiger partial charge in [-0.1, -0.05) is 13.0 Å². The molecular weight excluding hydrogens is 231 g/mol. The summed E-state index contributed by atoms with van der Waals surface area (Å²) in [6.45, 7) is 3.88. The standard InChI is InChI=1S/C14H23FN2O/c1-5-8-16-13(10-17(2)3)11-6-7-14(18-4)12(15)9-11/h6-7,9,13,16H,5,8,10H2,1-4H3. The van der Waals surface area contributed by atoms with E-state index in [2.05, 4.69) is 17.1 Å². The first-order valence-corrected chi connectivity index (χ1v) is 6.30. The van der Waals surface area contributed by atoms with Gasteiger partial charge in [-0.3, -0.25) is 0 Å². The Bertz CT molecular complexity index is 369. The third kappa shape index (κ3) is 4.27. The van der Waals surface area contributed by atoms with Gasteiger partial charge in [0.2, 0.25) is 0 Å². The van der Waals surface area contributed by atoms with Crippen LogP contribution < -0.4 is 10.1 Å². The van der Waals surface area contributed by atoms with Gasteiger partial charge in [-0.05, 0) is 44.8 Å². The molecule has 0 bridgehead atoms. The van der Waals surface area contributed by atoms with Crippen molar-refractivity contribution in [1.82, 2.24) is 10.2 Å². The van der Waals surface area contributed by atoms with Gasteiger partial charge in [0.25, 0.3) is 0 Å². The molecule has 1 aromatic rings. The molecule has 0 radical (unpaired) electrons. The Morgan fingerprint density at radius 2 is 2.11 bits per heavy atom. The normalized spacial score (nSPS) is 12.8. The number of hydrogen-bond donors (Lipinski definition) is 1. The molecule has 0 heterocycles. The molecule has 102 valence electrons. The highest BCUT2D eigenvalue weighted by Crippen LogP contribution is 2.22. The van der Waals surface area contributed by atoms with E-state index < -0.39 is 0 Å². The lowest BCUT2D eigenvalue weighted by molar-refractivity contribution is 0.340. The van der Waals surface area contributed by atoms with Crippen molar-refractivity contribution >= 4 is 0 Å². The second-order valence-electron chi connectivity index (χ2n) is 4.66. The summed E-state index contributed by atoms with van der Waals surface area (Å²) in [6, 6.07) is 5.29. The number of ether oxygens (including phenoxy) is 1. The molecule has 0 spiro atoms. The third-order valence-corrected chi connectivity index (χ3v) is 2.77. The summed E-state index contributed by atoms with van der Waals surface area (Å²) in [5.74, 6) is -0.0186. The van der Waals surface area contributed by atoms with Crippen LogP contribution in [0.25, 0.3) is 0 Å². The molecule has 18 heavy (non-hydrogen) atoms. The molecular formula is C14H23FN2O. The summed E-state index contributed by atoms with van der Waals surface area (Å²) < 4.78 is 18.6. The van der Waals surface area contributed by atoms with Gasteiger partial charge in [0.05, 0.1) is 7.11 Å². The van der Waals surface area contributed by atoms with Gasteiger partial charge in [0, 0.05) is 12.6 Å². The van der Waals surface area contributed by atoms with Gasteiger partial charge < -0.3 is 15.0 Å². The predicted molar refractivity (Wildman–Crippen MR) is 72.5 cm³/mol. The van der Waals surface area contributed by atoms with Crippen molar-refractivity contribution in [1.29, 1.82) is 0 Å². The second-order valence-corrected chi connectivity index (χ2v) is 4.66. The fourth-order valence-electron chi connectivity index (χ4n) is 1.87. The Morgan fingerprint density at radius 1 is 1.39 bits per heavy atom. The second kappa shape index (κ2) is 7.34. The number of rotatable bonds is 7. The van der Waals surface area contributed by atoms with E-state index in [4.69, 9.17) is 4.74 Å². The topological polar surface area (TPSA) is 24.5 Å². The van der Waals surface area contributed by atoms with Crippen LogP contribution in [0.1, 0.15) is 24.9 Å². The molecule has 0 fully saturated rings. The molecule has 0 amide bonds. The number of methoxy groups -OCH3 is 1. The van der Waals surface area contributed by atoms with Crippen molar-refractivity contribution < 1.29 is 9.13 Å². The van der Waals surface area contributed by atoms with Crippen LogP contribution in [0.5, 0.6) is 5.75 Å². The van der Waals surface area contributed by atoms with E-state index in [1.54, 1.807) is 12.1 Å². The van der Waals surface area contributed by atoms with Crippen LogP contribution in [0.15, 0.2) is 18.2 Å². The lowest BCUT2D eigenvalue weighted by Crippen LogP contribution is -2.31. The van der Waals surface area contributed by atoms with Crippen LogP contribution in [-0.2, 0) is 0 Å². The Labute approximate surface area is 109 Å². The Kier molecular flexibility index (Phi) is 6.09. The van der Waals surface area contributed by atoms with Gasteiger partial charge >= 0.3 is 0 Å². The van der Waals surface area contributed by atoms with Crippen LogP contribution in [0.3, 0.4) is 0 Å². The Balaban J connectivity index is 2.86. The number of likely N-dealkylation sites (N-methyl/N-ethyl adjacent to an activating group) is 1. The highest BCUT2D eigenvalue weighted by Gasteiger charge is 2.14. The molecule has 1 rings (SSSR count). The Hall–Kier alpha value is -1.13. The fourth-order valence-corrected chi connectivity index (χ4v) is 1.87. The molecule has 1 unspecified atom stereocenters. The van der Waals surface area contributed by atoms with Gasteiger partial charge in [0.15, 0.2) is 11.6 Å². The number of nitrogens with one attached hydrogen (secondary N) is 1. The Morgan fingerprint density at radius 3 is 2.61 bits per heavy atom. The predicted octanol–water partition coefficient (Wildman–Crippen LogP) is 2.44. The molecule has 4 heteroatoms. The number of halogens is 1. The lowest BCUT2D eigenvalue weighted by Gasteiger charge is -2.23. The third-order valence-electron chi connectivity index (χ3n) is 2.77. The van der Waals surface area contributed by atoms with Crippen molar-refractivity contribution in [2.75, 3.05) is 34.3 Å². The van der Waals surface area contributed by atoms with E-state index in [-0.39, 0.29) is 17.6 Å². The highest BCUT2D eigenvalue weighted by atomic mass is 19.1. The zero-order valence-electron chi connectivity index (χ0n) is 11.7. The molecule has 0 aromatic heterocycles. The number of nitrogens with zero attached hydrogens (tertiary/aromatic N) is 1. The summed E-state index contributed by atoms with van der Waals surface area (Å²) in [6.07, 6.45) is 1.06. The molecule has 1 N–H and O–H groups in total. The van der Waals surface area contributed by atoms with Crippen molar-refractivity contribution in [2.24, 2.45) is 0 Å². The molecule has 0 saturated carbocycles. The first-order valence-electron chi connectivity index (χ1n) is 6.30. The molecule has 3 nitrogen and oxygen atoms in total. The fraction of sp³-hybridized carbons (Fsp3) is 0.571. The average Bonchev–Trinajstić information content (AvgIpc) is 2.34. The smallest absolute Gasteiger partial charge is 0.165 e. The van der Waals surface area contributed by atoms with Crippen LogP contribution >= 0.6 is 0 Å². The number of benzene rings is 1. The first kappa shape index (κ1) is 14.9. The quantitative estimate of drug-likeness (QED) is 0.809. The van der Waals surface area contributed by atoms with Crippen LogP contribution in [0, 0.1) is 5.82 Å². The van der Waals surface area contributed by atoms with Gasteiger partial charge in [-0.25, -0.2) is 4.39 Å². The van der Waals surface area contributed by atoms with Crippen LogP contribution in [0.4, 0.5) is 4.39 Å². The summed E-state index contributed by atoms with van der Waals surface area (Å²) >= 11 is 0. The van der Waals surface area contributed by atoms with Gasteiger partial charge in [-0.15, -0.1) is 0 Å². The van der Waals surface area contributed by atoms with Crippen molar-refractivity contribution in [3.05, 3.63) is 29.6 Å². The molecule has 0 aliphatic heterocycles. The molecule has 0 saturated heterocycles. The largest absolute Gasteiger partial charge is 0.494 e. The van der Waals surface area contributed by atoms with E-state index in [0.29, 0.717) is 0 Å². The SMILES string of the molecule is CCCNC(CN(C)C)c1ccc(OC)c(F)c1. The average molecular weight is 254 g/mol. The minimum atomic E-state index is -0.308. The van der Waals surface area contributed by atoms with Crippen molar-refractivity contribution in [3.8, 4) is 5.75 Å². The zero-order chi connectivity index (χ0) is 13.5. The summed E-state index contributed by atoms with van der Waals surface area (Å²) in [4.78, 5) is 2.09. The molecule has 0 aliphatic rings. The maximum absolute atomic E-state index is 13.7. The van der Waals surface area contributed by atoms with Crippen molar-refractivity contribution in [2.45, 2.75) is 19.4 Å². The van der Waals surface area contributed by atoms with E-state index in [1.165, 1.54) is 7.11 Å². The van der Waals surface area contributed by atoms with E-state index in [0.717, 1.165) is 25.1 Å². The highest BCUT2D eigenvalue weighted by molar-refractivity contribution is 5.31. The molecule has 0 aliphatic carbocycles. The van der Waals surface area contributed by atoms with Crippen LogP contribution in [0.2, 0.25) is 0 Å². The first-order chi connectivity index (χ1) is 8.58. The maximum atomic E-state index is 13.7. The zero-order valence-corrected chi connectivity index (χ0v) is 11.7. The monoisotopic (exact) mass is 254 g/mol. The molecule has 1 atom stereocenters. The lowest BCUT2D eigenvalue weighted by atomic mass is 10.1. The summed E-state index contributed by atoms with van der Waals surface area (Å²) in [7, 11) is 5.51. The summed E-state index contributed by atoms with van der Waals surface area (Å²) in [5, 5.41) is 3.43. The minimum Gasteiger partial charge on any atom is -0.494 e. The van der Waals surface area contributed by atoms with E-state index in [9.17, 15) is 4.39 Å². The molecule has 1 aromatic carbocycles. The minimum absolute atomic E-state index is 0.139. The van der Waals surface area contributed by atoms with Gasteiger partial charge in [0.1, 0.15) is 0 Å².